The molecule has 2 amide bonds. The van der Waals surface area contributed by atoms with E-state index in [0.29, 0.717) is 32.7 Å². The molecule has 0 atom stereocenters. The largest absolute Gasteiger partial charge is 0.416 e. The zero-order chi connectivity index (χ0) is 16.2. The van der Waals surface area contributed by atoms with Crippen LogP contribution in [0.1, 0.15) is 5.56 Å². The number of nitrogens with zero attached hydrogens (tertiary/aromatic N) is 2. The lowest BCUT2D eigenvalue weighted by Gasteiger charge is -2.36. The summed E-state index contributed by atoms with van der Waals surface area (Å²) >= 11 is 0. The fourth-order valence-electron chi connectivity index (χ4n) is 2.30. The van der Waals surface area contributed by atoms with Crippen molar-refractivity contribution in [1.29, 1.82) is 0 Å². The second-order valence-corrected chi connectivity index (χ2v) is 4.99. The molecule has 22 heavy (non-hydrogen) atoms. The van der Waals surface area contributed by atoms with Crippen LogP contribution in [0.5, 0.6) is 0 Å². The SMILES string of the molecule is C=CCNC(=O)N1CCN(c2ccc(C(F)(F)F)cc2)CC1. The zero-order valence-corrected chi connectivity index (χ0v) is 12.1. The van der Waals surface area contributed by atoms with Crippen LogP contribution in [0.15, 0.2) is 36.9 Å². The van der Waals surface area contributed by atoms with E-state index >= 15 is 0 Å². The van der Waals surface area contributed by atoms with Crippen molar-refractivity contribution in [2.24, 2.45) is 0 Å². The van der Waals surface area contributed by atoms with Crippen LogP contribution in [-0.2, 0) is 6.18 Å². The quantitative estimate of drug-likeness (QED) is 0.871. The first-order valence-corrected chi connectivity index (χ1v) is 6.97. The summed E-state index contributed by atoms with van der Waals surface area (Å²) in [4.78, 5) is 15.4. The Morgan fingerprint density at radius 1 is 1.18 bits per heavy atom. The fraction of sp³-hybridized carbons (Fsp3) is 0.400. The van der Waals surface area contributed by atoms with Gasteiger partial charge in [-0.1, -0.05) is 6.08 Å². The van der Waals surface area contributed by atoms with Gasteiger partial charge in [0.2, 0.25) is 0 Å². The van der Waals surface area contributed by atoms with Gasteiger partial charge in [-0.15, -0.1) is 6.58 Å². The Hall–Kier alpha value is -2.18. The first-order chi connectivity index (χ1) is 10.4. The maximum absolute atomic E-state index is 12.5. The van der Waals surface area contributed by atoms with Gasteiger partial charge in [0.15, 0.2) is 0 Å². The molecule has 4 nitrogen and oxygen atoms in total. The highest BCUT2D eigenvalue weighted by atomic mass is 19.4. The number of rotatable bonds is 3. The van der Waals surface area contributed by atoms with Crippen molar-refractivity contribution >= 4 is 11.7 Å². The van der Waals surface area contributed by atoms with E-state index in [9.17, 15) is 18.0 Å². The molecule has 2 rings (SSSR count). The maximum atomic E-state index is 12.5. The van der Waals surface area contributed by atoms with Gasteiger partial charge < -0.3 is 15.1 Å². The van der Waals surface area contributed by atoms with E-state index in [4.69, 9.17) is 0 Å². The van der Waals surface area contributed by atoms with Gasteiger partial charge >= 0.3 is 12.2 Å². The van der Waals surface area contributed by atoms with Crippen molar-refractivity contribution in [3.05, 3.63) is 42.5 Å². The third-order valence-corrected chi connectivity index (χ3v) is 3.52. The van der Waals surface area contributed by atoms with E-state index in [1.807, 2.05) is 4.90 Å². The van der Waals surface area contributed by atoms with Gasteiger partial charge in [0, 0.05) is 38.4 Å². The molecule has 0 aromatic heterocycles. The highest BCUT2D eigenvalue weighted by molar-refractivity contribution is 5.74. The highest BCUT2D eigenvalue weighted by Crippen LogP contribution is 2.30. The summed E-state index contributed by atoms with van der Waals surface area (Å²) in [6.07, 6.45) is -2.71. The van der Waals surface area contributed by atoms with Crippen molar-refractivity contribution in [3.63, 3.8) is 0 Å². The number of anilines is 1. The second kappa shape index (κ2) is 6.72. The average Bonchev–Trinajstić information content (AvgIpc) is 2.52. The molecule has 0 unspecified atom stereocenters. The van der Waals surface area contributed by atoms with Crippen molar-refractivity contribution in [2.45, 2.75) is 6.18 Å². The van der Waals surface area contributed by atoms with E-state index in [1.54, 1.807) is 11.0 Å². The minimum Gasteiger partial charge on any atom is -0.368 e. The smallest absolute Gasteiger partial charge is 0.368 e. The summed E-state index contributed by atoms with van der Waals surface area (Å²) in [6, 6.07) is 4.95. The van der Waals surface area contributed by atoms with Crippen LogP contribution in [0, 0.1) is 0 Å². The maximum Gasteiger partial charge on any atom is 0.416 e. The summed E-state index contributed by atoms with van der Waals surface area (Å²) in [5.74, 6) is 0. The number of amides is 2. The van der Waals surface area contributed by atoms with Crippen LogP contribution in [0.2, 0.25) is 0 Å². The Kier molecular flexibility index (Phi) is 4.95. The molecule has 120 valence electrons. The number of piperazine rings is 1. The molecule has 1 aliphatic rings. The van der Waals surface area contributed by atoms with Crippen molar-refractivity contribution in [2.75, 3.05) is 37.6 Å². The topological polar surface area (TPSA) is 35.6 Å². The van der Waals surface area contributed by atoms with Gasteiger partial charge in [-0.2, -0.15) is 13.2 Å². The fourth-order valence-corrected chi connectivity index (χ4v) is 2.30. The summed E-state index contributed by atoms with van der Waals surface area (Å²) in [5.41, 5.74) is 0.0813. The van der Waals surface area contributed by atoms with E-state index in [-0.39, 0.29) is 6.03 Å². The van der Waals surface area contributed by atoms with Crippen LogP contribution in [0.25, 0.3) is 0 Å². The first kappa shape index (κ1) is 16.2. The number of alkyl halides is 3. The van der Waals surface area contributed by atoms with Gasteiger partial charge in [0.25, 0.3) is 0 Å². The number of carbonyl (C=O) groups excluding carboxylic acids is 1. The Morgan fingerprint density at radius 3 is 2.27 bits per heavy atom. The summed E-state index contributed by atoms with van der Waals surface area (Å²) < 4.78 is 37.6. The lowest BCUT2D eigenvalue weighted by Crippen LogP contribution is -2.51. The predicted octanol–water partition coefficient (Wildman–Crippen LogP) is 2.72. The summed E-state index contributed by atoms with van der Waals surface area (Å²) in [7, 11) is 0. The number of hydrogen-bond donors (Lipinski definition) is 1. The lowest BCUT2D eigenvalue weighted by molar-refractivity contribution is -0.137. The summed E-state index contributed by atoms with van der Waals surface area (Å²) in [5, 5.41) is 2.71. The van der Waals surface area contributed by atoms with Gasteiger partial charge in [-0.3, -0.25) is 0 Å². The normalized spacial score (nSPS) is 15.6. The third-order valence-electron chi connectivity index (χ3n) is 3.52. The van der Waals surface area contributed by atoms with Crippen LogP contribution in [0.4, 0.5) is 23.7 Å². The Morgan fingerprint density at radius 2 is 1.77 bits per heavy atom. The van der Waals surface area contributed by atoms with Crippen molar-refractivity contribution in [1.82, 2.24) is 10.2 Å². The van der Waals surface area contributed by atoms with Crippen LogP contribution in [0.3, 0.4) is 0 Å². The van der Waals surface area contributed by atoms with E-state index in [2.05, 4.69) is 11.9 Å². The molecule has 1 heterocycles. The van der Waals surface area contributed by atoms with Crippen molar-refractivity contribution < 1.29 is 18.0 Å². The van der Waals surface area contributed by atoms with Crippen LogP contribution >= 0.6 is 0 Å². The third kappa shape index (κ3) is 3.93. The van der Waals surface area contributed by atoms with Gasteiger partial charge in [0.1, 0.15) is 0 Å². The van der Waals surface area contributed by atoms with E-state index in [1.165, 1.54) is 12.1 Å². The van der Waals surface area contributed by atoms with Crippen LogP contribution in [-0.4, -0.2) is 43.7 Å². The molecule has 1 aromatic rings. The standard InChI is InChI=1S/C15H18F3N3O/c1-2-7-19-14(22)21-10-8-20(9-11-21)13-5-3-12(4-6-13)15(16,17)18/h2-6H,1,7-11H2,(H,19,22). The highest BCUT2D eigenvalue weighted by Gasteiger charge is 2.30. The number of benzene rings is 1. The zero-order valence-electron chi connectivity index (χ0n) is 12.1. The van der Waals surface area contributed by atoms with E-state index in [0.717, 1.165) is 17.8 Å². The predicted molar refractivity (Wildman–Crippen MR) is 78.8 cm³/mol. The minimum absolute atomic E-state index is 0.146. The number of carbonyl (C=O) groups is 1. The Bertz CT molecular complexity index is 520. The number of urea groups is 1. The minimum atomic E-state index is -4.32. The molecule has 1 N–H and O–H groups in total. The molecule has 1 aliphatic heterocycles. The molecule has 1 saturated heterocycles. The average molecular weight is 313 g/mol. The monoisotopic (exact) mass is 313 g/mol. The molecular formula is C15H18F3N3O. The number of hydrogen-bond acceptors (Lipinski definition) is 2. The number of nitrogens with one attached hydrogen (secondary N) is 1. The molecule has 1 fully saturated rings. The van der Waals surface area contributed by atoms with Crippen molar-refractivity contribution in [3.8, 4) is 0 Å². The Balaban J connectivity index is 1.91. The second-order valence-electron chi connectivity index (χ2n) is 4.99. The van der Waals surface area contributed by atoms with Gasteiger partial charge in [0.05, 0.1) is 5.56 Å². The molecule has 1 aromatic carbocycles. The first-order valence-electron chi connectivity index (χ1n) is 6.97. The Labute approximate surface area is 127 Å². The summed E-state index contributed by atoms with van der Waals surface area (Å²) in [6.45, 7) is 6.19. The number of halogens is 3. The molecule has 7 heteroatoms. The van der Waals surface area contributed by atoms with Gasteiger partial charge in [-0.05, 0) is 24.3 Å². The molecule has 0 saturated carbocycles. The van der Waals surface area contributed by atoms with Crippen LogP contribution < -0.4 is 10.2 Å². The van der Waals surface area contributed by atoms with E-state index < -0.39 is 11.7 Å². The molecule has 0 radical (unpaired) electrons. The molecule has 0 spiro atoms. The van der Waals surface area contributed by atoms with Gasteiger partial charge in [-0.25, -0.2) is 4.79 Å². The molecule has 0 bridgehead atoms. The molecule has 0 aliphatic carbocycles. The molecular weight excluding hydrogens is 295 g/mol. The lowest BCUT2D eigenvalue weighted by atomic mass is 10.1.